The normalized spacial score (nSPS) is 13.5. The molecule has 0 atom stereocenters. The van der Waals surface area contributed by atoms with Crippen LogP contribution in [0.2, 0.25) is 0 Å². The number of hydrogen-bond donors (Lipinski definition) is 3. The van der Waals surface area contributed by atoms with Crippen LogP contribution in [0.15, 0.2) is 41.8 Å². The van der Waals surface area contributed by atoms with Gasteiger partial charge in [0.1, 0.15) is 18.0 Å². The van der Waals surface area contributed by atoms with E-state index in [0.717, 1.165) is 41.1 Å². The van der Waals surface area contributed by atoms with Crippen LogP contribution in [0.4, 0.5) is 16.6 Å². The van der Waals surface area contributed by atoms with Crippen LogP contribution < -0.4 is 15.8 Å². The molecule has 0 fully saturated rings. The summed E-state index contributed by atoms with van der Waals surface area (Å²) >= 11 is 1.39. The summed E-state index contributed by atoms with van der Waals surface area (Å²) in [5.41, 5.74) is 7.53. The molecule has 1 aromatic carbocycles. The molecular formula is C18H18N8O2S2. The number of hydrogen-bond acceptors (Lipinski definition) is 9. The van der Waals surface area contributed by atoms with Crippen LogP contribution in [-0.2, 0) is 29.5 Å². The number of sulfonamides is 1. The Bertz CT molecular complexity index is 1320. The Hall–Kier alpha value is -3.09. The van der Waals surface area contributed by atoms with Gasteiger partial charge in [0.2, 0.25) is 0 Å². The third kappa shape index (κ3) is 3.60. The zero-order chi connectivity index (χ0) is 20.7. The van der Waals surface area contributed by atoms with Crippen molar-refractivity contribution in [2.75, 3.05) is 10.0 Å². The highest BCUT2D eigenvalue weighted by Crippen LogP contribution is 2.30. The molecule has 1 aliphatic rings. The molecule has 4 aromatic rings. The quantitative estimate of drug-likeness (QED) is 0.413. The van der Waals surface area contributed by atoms with E-state index in [0.29, 0.717) is 23.2 Å². The second kappa shape index (κ2) is 7.31. The number of rotatable bonds is 6. The molecule has 4 N–H and O–H groups in total. The van der Waals surface area contributed by atoms with E-state index in [9.17, 15) is 8.42 Å². The molecule has 5 rings (SSSR count). The van der Waals surface area contributed by atoms with E-state index in [1.165, 1.54) is 17.7 Å². The molecular weight excluding hydrogens is 424 g/mol. The Balaban J connectivity index is 1.38. The van der Waals surface area contributed by atoms with Crippen LogP contribution in [0.25, 0.3) is 10.2 Å². The van der Waals surface area contributed by atoms with Gasteiger partial charge in [0.25, 0.3) is 10.0 Å². The topological polar surface area (TPSA) is 141 Å². The monoisotopic (exact) mass is 442 g/mol. The minimum absolute atomic E-state index is 0.0448. The number of benzene rings is 1. The van der Waals surface area contributed by atoms with E-state index < -0.39 is 10.0 Å². The summed E-state index contributed by atoms with van der Waals surface area (Å²) in [6.07, 6.45) is 4.83. The van der Waals surface area contributed by atoms with Crippen LogP contribution in [0.3, 0.4) is 0 Å². The smallest absolute Gasteiger partial charge is 0.280 e. The highest BCUT2D eigenvalue weighted by atomic mass is 32.2. The molecule has 0 saturated heterocycles. The number of nitrogens with one attached hydrogen (secondary N) is 2. The van der Waals surface area contributed by atoms with Crippen LogP contribution in [0, 0.1) is 0 Å². The minimum Gasteiger partial charge on any atom is -0.333 e. The molecule has 30 heavy (non-hydrogen) atoms. The van der Waals surface area contributed by atoms with E-state index in [-0.39, 0.29) is 5.03 Å². The minimum atomic E-state index is -3.75. The molecule has 0 radical (unpaired) electrons. The first-order chi connectivity index (χ1) is 14.5. The third-order valence-electron chi connectivity index (χ3n) is 4.72. The zero-order valence-electron chi connectivity index (χ0n) is 15.7. The Morgan fingerprint density at radius 2 is 2.10 bits per heavy atom. The van der Waals surface area contributed by atoms with Crippen LogP contribution in [0.1, 0.15) is 17.9 Å². The van der Waals surface area contributed by atoms with E-state index in [1.807, 2.05) is 4.57 Å². The first-order valence-electron chi connectivity index (χ1n) is 9.28. The highest BCUT2D eigenvalue weighted by molar-refractivity contribution is 7.92. The average Bonchev–Trinajstić information content (AvgIpc) is 3.41. The van der Waals surface area contributed by atoms with Gasteiger partial charge in [-0.1, -0.05) is 11.3 Å². The van der Waals surface area contributed by atoms with Crippen molar-refractivity contribution in [2.24, 2.45) is 5.73 Å². The molecule has 10 nitrogen and oxygen atoms in total. The molecule has 0 saturated carbocycles. The van der Waals surface area contributed by atoms with Gasteiger partial charge in [-0.15, -0.1) is 0 Å². The van der Waals surface area contributed by atoms with Crippen molar-refractivity contribution in [1.82, 2.24) is 24.5 Å². The van der Waals surface area contributed by atoms with Gasteiger partial charge in [0.15, 0.2) is 10.2 Å². The largest absolute Gasteiger partial charge is 0.333 e. The van der Waals surface area contributed by atoms with Crippen molar-refractivity contribution >= 4 is 48.2 Å². The van der Waals surface area contributed by atoms with E-state index in [1.54, 1.807) is 30.5 Å². The van der Waals surface area contributed by atoms with Gasteiger partial charge in [0, 0.05) is 31.8 Å². The SMILES string of the molecule is NCc1cc(Nc2nc3ccc(NS(=O)(=O)c4cn5c(n4)CCC5)cc3s2)ncn1. The van der Waals surface area contributed by atoms with Crippen LogP contribution in [-0.4, -0.2) is 32.9 Å². The van der Waals surface area contributed by atoms with Crippen LogP contribution in [0.5, 0.6) is 0 Å². The summed E-state index contributed by atoms with van der Waals surface area (Å²) < 4.78 is 30.8. The second-order valence-corrected chi connectivity index (χ2v) is 9.48. The van der Waals surface area contributed by atoms with Crippen molar-refractivity contribution in [3.05, 3.63) is 48.3 Å². The number of aryl methyl sites for hydroxylation is 2. The van der Waals surface area contributed by atoms with Gasteiger partial charge in [0.05, 0.1) is 21.6 Å². The maximum atomic E-state index is 12.7. The first kappa shape index (κ1) is 18.9. The summed E-state index contributed by atoms with van der Waals surface area (Å²) in [4.78, 5) is 17.0. The fourth-order valence-corrected chi connectivity index (χ4v) is 5.24. The number of imidazole rings is 1. The maximum absolute atomic E-state index is 12.7. The standard InChI is InChI=1S/C18H18N8O2S2/c19-8-12-7-15(21-10-20-12)23-18-22-13-4-3-11(6-14(13)29-18)25-30(27,28)17-9-26-5-1-2-16(26)24-17/h3-4,6-7,9-10,25H,1-2,5,8,19H2,(H,20,21,22,23). The number of thiazole rings is 1. The molecule has 0 bridgehead atoms. The highest BCUT2D eigenvalue weighted by Gasteiger charge is 2.23. The number of aromatic nitrogens is 5. The lowest BCUT2D eigenvalue weighted by molar-refractivity contribution is 0.597. The third-order valence-corrected chi connectivity index (χ3v) is 6.91. The molecule has 1 aliphatic heterocycles. The lowest BCUT2D eigenvalue weighted by atomic mass is 10.3. The van der Waals surface area contributed by atoms with Gasteiger partial charge >= 0.3 is 0 Å². The predicted octanol–water partition coefficient (Wildman–Crippen LogP) is 2.23. The van der Waals surface area contributed by atoms with Crippen molar-refractivity contribution in [1.29, 1.82) is 0 Å². The molecule has 0 amide bonds. The molecule has 12 heteroatoms. The Morgan fingerprint density at radius 3 is 2.93 bits per heavy atom. The Labute approximate surface area is 176 Å². The van der Waals surface area contributed by atoms with E-state index >= 15 is 0 Å². The summed E-state index contributed by atoms with van der Waals surface area (Å²) in [7, 11) is -3.75. The Morgan fingerprint density at radius 1 is 1.20 bits per heavy atom. The fraction of sp³-hybridized carbons (Fsp3) is 0.222. The molecule has 0 unspecified atom stereocenters. The zero-order valence-corrected chi connectivity index (χ0v) is 17.4. The van der Waals surface area contributed by atoms with Crippen molar-refractivity contribution < 1.29 is 8.42 Å². The predicted molar refractivity (Wildman–Crippen MR) is 114 cm³/mol. The number of anilines is 3. The van der Waals surface area contributed by atoms with E-state index in [4.69, 9.17) is 5.73 Å². The summed E-state index contributed by atoms with van der Waals surface area (Å²) in [6.45, 7) is 1.12. The van der Waals surface area contributed by atoms with Crippen molar-refractivity contribution in [3.63, 3.8) is 0 Å². The average molecular weight is 443 g/mol. The molecule has 0 spiro atoms. The lowest BCUT2D eigenvalue weighted by Gasteiger charge is -2.05. The van der Waals surface area contributed by atoms with E-state index in [2.05, 4.69) is 30.0 Å². The summed E-state index contributed by atoms with van der Waals surface area (Å²) in [5, 5.41) is 3.81. The second-order valence-electron chi connectivity index (χ2n) is 6.82. The molecule has 154 valence electrons. The van der Waals surface area contributed by atoms with Crippen molar-refractivity contribution in [2.45, 2.75) is 31.0 Å². The van der Waals surface area contributed by atoms with Gasteiger partial charge in [-0.3, -0.25) is 4.72 Å². The van der Waals surface area contributed by atoms with Crippen LogP contribution >= 0.6 is 11.3 Å². The van der Waals surface area contributed by atoms with Gasteiger partial charge in [-0.2, -0.15) is 8.42 Å². The lowest BCUT2D eigenvalue weighted by Crippen LogP contribution is -2.13. The van der Waals surface area contributed by atoms with Gasteiger partial charge in [-0.05, 0) is 24.6 Å². The molecule has 4 heterocycles. The summed E-state index contributed by atoms with van der Waals surface area (Å²) in [5.74, 6) is 1.41. The summed E-state index contributed by atoms with van der Waals surface area (Å²) in [6, 6.07) is 6.97. The van der Waals surface area contributed by atoms with Crippen molar-refractivity contribution in [3.8, 4) is 0 Å². The van der Waals surface area contributed by atoms with Gasteiger partial charge < -0.3 is 15.6 Å². The maximum Gasteiger partial charge on any atom is 0.280 e. The van der Waals surface area contributed by atoms with Gasteiger partial charge in [-0.25, -0.2) is 19.9 Å². The number of nitrogens with two attached hydrogens (primary N) is 1. The number of nitrogens with zero attached hydrogens (tertiary/aromatic N) is 5. The molecule has 3 aromatic heterocycles. The Kier molecular flexibility index (Phi) is 4.60. The molecule has 0 aliphatic carbocycles. The first-order valence-corrected chi connectivity index (χ1v) is 11.6. The fourth-order valence-electron chi connectivity index (χ4n) is 3.29. The number of fused-ring (bicyclic) bond motifs is 2.